The van der Waals surface area contributed by atoms with E-state index >= 15 is 0 Å². The molecule has 0 N–H and O–H groups in total. The molecule has 0 aliphatic rings. The van der Waals surface area contributed by atoms with Crippen molar-refractivity contribution in [2.24, 2.45) is 0 Å². The molecule has 1 aromatic heterocycles. The number of pyridine rings is 1. The van der Waals surface area contributed by atoms with Crippen molar-refractivity contribution in [3.05, 3.63) is 58.7 Å². The van der Waals surface area contributed by atoms with Crippen molar-refractivity contribution < 1.29 is 9.53 Å². The zero-order valence-electron chi connectivity index (χ0n) is 9.67. The van der Waals surface area contributed by atoms with Crippen molar-refractivity contribution >= 4 is 21.9 Å². The second-order valence-electron chi connectivity index (χ2n) is 3.77. The average Bonchev–Trinajstić information content (AvgIpc) is 2.40. The molecule has 0 fully saturated rings. The zero-order chi connectivity index (χ0) is 12.8. The number of hydrogen-bond acceptors (Lipinski definition) is 3. The van der Waals surface area contributed by atoms with Crippen LogP contribution in [0.4, 0.5) is 0 Å². The van der Waals surface area contributed by atoms with Crippen LogP contribution in [0.3, 0.4) is 0 Å². The number of nitrogens with zero attached hydrogens (tertiary/aromatic N) is 1. The van der Waals surface area contributed by atoms with Gasteiger partial charge >= 0.3 is 5.97 Å². The summed E-state index contributed by atoms with van der Waals surface area (Å²) in [6, 6.07) is 13.3. The van der Waals surface area contributed by atoms with Gasteiger partial charge in [0.15, 0.2) is 0 Å². The molecule has 0 spiro atoms. The quantitative estimate of drug-likeness (QED) is 0.813. The average molecular weight is 306 g/mol. The summed E-state index contributed by atoms with van der Waals surface area (Å²) in [5.41, 5.74) is 1.12. The molecule has 0 aliphatic carbocycles. The summed E-state index contributed by atoms with van der Waals surface area (Å²) in [6.45, 7) is 0. The molecule has 18 heavy (non-hydrogen) atoms. The third kappa shape index (κ3) is 3.96. The molecule has 0 unspecified atom stereocenters. The number of hydrogen-bond donors (Lipinski definition) is 0. The van der Waals surface area contributed by atoms with Gasteiger partial charge in [-0.05, 0) is 34.0 Å². The molecule has 1 heterocycles. The van der Waals surface area contributed by atoms with Crippen LogP contribution in [0.25, 0.3) is 0 Å². The van der Waals surface area contributed by atoms with Crippen LogP contribution in [-0.2, 0) is 11.2 Å². The summed E-state index contributed by atoms with van der Waals surface area (Å²) in [5.74, 6) is 0.0601. The first-order chi connectivity index (χ1) is 8.74. The Balaban J connectivity index is 1.84. The summed E-state index contributed by atoms with van der Waals surface area (Å²) in [4.78, 5) is 15.6. The molecule has 2 aromatic rings. The molecule has 4 heteroatoms. The number of carbonyl (C=O) groups excluding carboxylic acids is 1. The first-order valence-corrected chi connectivity index (χ1v) is 6.39. The Morgan fingerprint density at radius 1 is 1.17 bits per heavy atom. The van der Waals surface area contributed by atoms with E-state index in [-0.39, 0.29) is 5.97 Å². The maximum atomic E-state index is 11.6. The fraction of sp³-hybridized carbons (Fsp3) is 0.143. The summed E-state index contributed by atoms with van der Waals surface area (Å²) >= 11 is 3.27. The highest BCUT2D eigenvalue weighted by atomic mass is 79.9. The molecular weight excluding hydrogens is 294 g/mol. The molecule has 0 saturated heterocycles. The number of carbonyl (C=O) groups is 1. The summed E-state index contributed by atoms with van der Waals surface area (Å²) in [6.07, 6.45) is 2.62. The van der Waals surface area contributed by atoms with E-state index in [9.17, 15) is 4.79 Å². The van der Waals surface area contributed by atoms with E-state index in [4.69, 9.17) is 4.74 Å². The van der Waals surface area contributed by atoms with Gasteiger partial charge in [-0.25, -0.2) is 4.98 Å². The van der Waals surface area contributed by atoms with Crippen molar-refractivity contribution in [1.82, 2.24) is 4.98 Å². The van der Waals surface area contributed by atoms with E-state index in [1.54, 1.807) is 18.3 Å². The number of halogens is 1. The second kappa shape index (κ2) is 6.31. The molecule has 2 rings (SSSR count). The molecule has 1 aromatic carbocycles. The highest BCUT2D eigenvalue weighted by Crippen LogP contribution is 2.13. The van der Waals surface area contributed by atoms with Crippen molar-refractivity contribution in [3.8, 4) is 5.88 Å². The minimum atomic E-state index is -0.270. The third-order valence-corrected chi connectivity index (χ3v) is 2.85. The molecule has 0 radical (unpaired) electrons. The van der Waals surface area contributed by atoms with Gasteiger partial charge in [0, 0.05) is 16.7 Å². The fourth-order valence-electron chi connectivity index (χ4n) is 1.48. The van der Waals surface area contributed by atoms with Crippen LogP contribution >= 0.6 is 15.9 Å². The predicted molar refractivity (Wildman–Crippen MR) is 72.3 cm³/mol. The van der Waals surface area contributed by atoms with Crippen molar-refractivity contribution in [2.45, 2.75) is 12.8 Å². The second-order valence-corrected chi connectivity index (χ2v) is 4.69. The van der Waals surface area contributed by atoms with Gasteiger partial charge in [-0.2, -0.15) is 0 Å². The standard InChI is InChI=1S/C14H12BrNO2/c15-12-7-8-13(16-10-12)18-14(17)9-6-11-4-2-1-3-5-11/h1-5,7-8,10H,6,9H2. The minimum Gasteiger partial charge on any atom is -0.407 e. The van der Waals surface area contributed by atoms with Gasteiger partial charge in [-0.15, -0.1) is 0 Å². The topological polar surface area (TPSA) is 39.2 Å². The SMILES string of the molecule is O=C(CCc1ccccc1)Oc1ccc(Br)cn1. The number of esters is 1. The normalized spacial score (nSPS) is 10.1. The number of ether oxygens (including phenoxy) is 1. The van der Waals surface area contributed by atoms with Crippen LogP contribution in [0.2, 0.25) is 0 Å². The van der Waals surface area contributed by atoms with Crippen LogP contribution < -0.4 is 4.74 Å². The molecular formula is C14H12BrNO2. The first kappa shape index (κ1) is 12.8. The van der Waals surface area contributed by atoms with Crippen LogP contribution in [0.5, 0.6) is 5.88 Å². The van der Waals surface area contributed by atoms with E-state index in [0.717, 1.165) is 10.0 Å². The van der Waals surface area contributed by atoms with Gasteiger partial charge in [-0.3, -0.25) is 4.79 Å². The Hall–Kier alpha value is -1.68. The van der Waals surface area contributed by atoms with Gasteiger partial charge in [0.2, 0.25) is 5.88 Å². The molecule has 0 amide bonds. The largest absolute Gasteiger partial charge is 0.407 e. The Morgan fingerprint density at radius 3 is 2.61 bits per heavy atom. The lowest BCUT2D eigenvalue weighted by atomic mass is 10.1. The lowest BCUT2D eigenvalue weighted by molar-refractivity contribution is -0.134. The van der Waals surface area contributed by atoms with Crippen molar-refractivity contribution in [3.63, 3.8) is 0 Å². The fourth-order valence-corrected chi connectivity index (χ4v) is 1.72. The molecule has 0 bridgehead atoms. The zero-order valence-corrected chi connectivity index (χ0v) is 11.3. The van der Waals surface area contributed by atoms with E-state index in [0.29, 0.717) is 18.7 Å². The Kier molecular flexibility index (Phi) is 4.47. The van der Waals surface area contributed by atoms with E-state index in [1.807, 2.05) is 30.3 Å². The van der Waals surface area contributed by atoms with Gasteiger partial charge in [-0.1, -0.05) is 30.3 Å². The predicted octanol–water partition coefficient (Wildman–Crippen LogP) is 3.38. The highest BCUT2D eigenvalue weighted by molar-refractivity contribution is 9.10. The summed E-state index contributed by atoms with van der Waals surface area (Å²) in [7, 11) is 0. The van der Waals surface area contributed by atoms with Gasteiger partial charge in [0.25, 0.3) is 0 Å². The number of aromatic nitrogens is 1. The monoisotopic (exact) mass is 305 g/mol. The Labute approximate surface area is 114 Å². The van der Waals surface area contributed by atoms with Crippen LogP contribution in [0, 0.1) is 0 Å². The smallest absolute Gasteiger partial charge is 0.312 e. The Bertz CT molecular complexity index is 511. The van der Waals surface area contributed by atoms with E-state index in [1.165, 1.54) is 0 Å². The summed E-state index contributed by atoms with van der Waals surface area (Å²) in [5, 5.41) is 0. The number of aryl methyl sites for hydroxylation is 1. The third-order valence-electron chi connectivity index (χ3n) is 2.38. The first-order valence-electron chi connectivity index (χ1n) is 5.60. The number of benzene rings is 1. The lowest BCUT2D eigenvalue weighted by Gasteiger charge is -2.03. The molecule has 0 saturated carbocycles. The molecule has 0 atom stereocenters. The molecule has 3 nitrogen and oxygen atoms in total. The van der Waals surface area contributed by atoms with Crippen LogP contribution in [0.1, 0.15) is 12.0 Å². The van der Waals surface area contributed by atoms with Gasteiger partial charge in [0.1, 0.15) is 0 Å². The Morgan fingerprint density at radius 2 is 1.94 bits per heavy atom. The summed E-state index contributed by atoms with van der Waals surface area (Å²) < 4.78 is 5.97. The van der Waals surface area contributed by atoms with Crippen LogP contribution in [0.15, 0.2) is 53.1 Å². The van der Waals surface area contributed by atoms with Crippen LogP contribution in [-0.4, -0.2) is 11.0 Å². The van der Waals surface area contributed by atoms with Crippen molar-refractivity contribution in [1.29, 1.82) is 0 Å². The highest BCUT2D eigenvalue weighted by Gasteiger charge is 2.06. The van der Waals surface area contributed by atoms with E-state index < -0.39 is 0 Å². The lowest BCUT2D eigenvalue weighted by Crippen LogP contribution is -2.09. The molecule has 92 valence electrons. The van der Waals surface area contributed by atoms with E-state index in [2.05, 4.69) is 20.9 Å². The maximum Gasteiger partial charge on any atom is 0.312 e. The van der Waals surface area contributed by atoms with Gasteiger partial charge < -0.3 is 4.74 Å². The van der Waals surface area contributed by atoms with Gasteiger partial charge in [0.05, 0.1) is 6.42 Å². The maximum absolute atomic E-state index is 11.6. The molecule has 0 aliphatic heterocycles. The van der Waals surface area contributed by atoms with Crippen molar-refractivity contribution in [2.75, 3.05) is 0 Å². The number of rotatable bonds is 4. The minimum absolute atomic E-state index is 0.270.